The number of benzene rings is 3. The van der Waals surface area contributed by atoms with Gasteiger partial charge in [0.25, 0.3) is 11.6 Å². The Bertz CT molecular complexity index is 1920. The predicted octanol–water partition coefficient (Wildman–Crippen LogP) is 4.56. The van der Waals surface area contributed by atoms with Crippen LogP contribution in [-0.2, 0) is 33.0 Å². The minimum atomic E-state index is -2.13. The molecule has 248 valence electrons. The number of aliphatic hydroxyl groups is 2. The number of carbonyl (C=O) groups is 3. The number of likely N-dealkylation sites (tertiary alicyclic amines) is 1. The number of nitrogens with one attached hydrogen (secondary N) is 2. The van der Waals surface area contributed by atoms with E-state index in [1.165, 1.54) is 23.1 Å². The van der Waals surface area contributed by atoms with Crippen LogP contribution in [0.5, 0.6) is 0 Å². The second kappa shape index (κ2) is 13.4. The molecule has 0 spiro atoms. The van der Waals surface area contributed by atoms with Gasteiger partial charge in [-0.1, -0.05) is 49.4 Å². The van der Waals surface area contributed by atoms with E-state index in [9.17, 15) is 34.7 Å². The standard InChI is InChI=1S/C36H37N5O7/c1-23(7-4-13-34(44)39-16-6-10-28(39)22-42)36(46)30-19-27(41(47)48)14-15-32(30)40(35(36)45)21-24-8-5-9-26(17-24)38-33(43)18-25-20-37-31-12-3-2-11-29(25)31/h2-5,7-9,11-12,14-15,17,19-20,23,28,37,42,46H,6,10,13,16,18,21-22H2,1H3,(H,38,43)/b7-4+/t23-,28-,36+/m0/s1. The molecular weight excluding hydrogens is 614 g/mol. The van der Waals surface area contributed by atoms with Crippen molar-refractivity contribution in [2.45, 2.75) is 50.8 Å². The molecule has 0 radical (unpaired) electrons. The molecule has 2 aliphatic heterocycles. The van der Waals surface area contributed by atoms with Crippen LogP contribution in [0, 0.1) is 16.0 Å². The lowest BCUT2D eigenvalue weighted by Crippen LogP contribution is -2.44. The number of carbonyl (C=O) groups excluding carboxylic acids is 3. The number of hydrogen-bond donors (Lipinski definition) is 4. The number of aromatic nitrogens is 1. The molecule has 4 aromatic rings. The normalized spacial score (nSPS) is 19.6. The molecule has 0 saturated carbocycles. The van der Waals surface area contributed by atoms with Gasteiger partial charge in [-0.15, -0.1) is 0 Å². The molecule has 1 fully saturated rings. The number of nitro benzene ring substituents is 1. The van der Waals surface area contributed by atoms with E-state index >= 15 is 0 Å². The summed E-state index contributed by atoms with van der Waals surface area (Å²) in [5.74, 6) is -1.87. The van der Waals surface area contributed by atoms with Gasteiger partial charge < -0.3 is 30.3 Å². The highest BCUT2D eigenvalue weighted by molar-refractivity contribution is 6.07. The summed E-state index contributed by atoms with van der Waals surface area (Å²) in [4.78, 5) is 57.1. The molecule has 1 saturated heterocycles. The van der Waals surface area contributed by atoms with Gasteiger partial charge in [0.2, 0.25) is 11.8 Å². The van der Waals surface area contributed by atoms with Crippen molar-refractivity contribution < 1.29 is 29.5 Å². The number of nitrogens with zero attached hydrogens (tertiary/aromatic N) is 3. The highest BCUT2D eigenvalue weighted by Gasteiger charge is 2.53. The van der Waals surface area contributed by atoms with Crippen LogP contribution in [0.2, 0.25) is 0 Å². The van der Waals surface area contributed by atoms with E-state index in [0.29, 0.717) is 23.5 Å². The molecule has 2 aliphatic rings. The van der Waals surface area contributed by atoms with Gasteiger partial charge in [-0.2, -0.15) is 0 Å². The summed E-state index contributed by atoms with van der Waals surface area (Å²) in [6, 6.07) is 18.5. The number of hydrogen-bond acceptors (Lipinski definition) is 7. The maximum Gasteiger partial charge on any atom is 0.269 e. The average molecular weight is 652 g/mol. The number of aliphatic hydroxyl groups excluding tert-OH is 1. The van der Waals surface area contributed by atoms with Crippen LogP contribution in [-0.4, -0.2) is 61.9 Å². The Morgan fingerprint density at radius 1 is 1.17 bits per heavy atom. The summed E-state index contributed by atoms with van der Waals surface area (Å²) in [7, 11) is 0. The first kappa shape index (κ1) is 32.6. The zero-order valence-corrected chi connectivity index (χ0v) is 26.5. The van der Waals surface area contributed by atoms with Crippen LogP contribution in [0.25, 0.3) is 10.9 Å². The van der Waals surface area contributed by atoms with Gasteiger partial charge in [0.1, 0.15) is 0 Å². The van der Waals surface area contributed by atoms with Crippen molar-refractivity contribution >= 4 is 45.7 Å². The third-order valence-electron chi connectivity index (χ3n) is 9.33. The number of anilines is 2. The van der Waals surface area contributed by atoms with E-state index in [1.807, 2.05) is 30.5 Å². The number of rotatable bonds is 11. The molecule has 0 unspecified atom stereocenters. The molecule has 6 rings (SSSR count). The van der Waals surface area contributed by atoms with Crippen molar-refractivity contribution in [2.75, 3.05) is 23.4 Å². The van der Waals surface area contributed by atoms with Crippen molar-refractivity contribution in [2.24, 2.45) is 5.92 Å². The first-order valence-electron chi connectivity index (χ1n) is 15.9. The smallest absolute Gasteiger partial charge is 0.269 e. The van der Waals surface area contributed by atoms with Crippen LogP contribution in [0.1, 0.15) is 42.9 Å². The summed E-state index contributed by atoms with van der Waals surface area (Å²) in [6.07, 6.45) is 6.73. The molecule has 3 aromatic carbocycles. The maximum atomic E-state index is 14.0. The Kier molecular flexibility index (Phi) is 9.11. The van der Waals surface area contributed by atoms with Crippen molar-refractivity contribution in [3.8, 4) is 0 Å². The number of aromatic amines is 1. The molecule has 1 aromatic heterocycles. The molecule has 3 atom stereocenters. The number of para-hydroxylation sites is 1. The highest BCUT2D eigenvalue weighted by Crippen LogP contribution is 2.47. The number of nitro groups is 1. The number of non-ortho nitro benzene ring substituents is 1. The van der Waals surface area contributed by atoms with Crippen LogP contribution in [0.3, 0.4) is 0 Å². The van der Waals surface area contributed by atoms with E-state index in [4.69, 9.17) is 0 Å². The minimum Gasteiger partial charge on any atom is -0.394 e. The third-order valence-corrected chi connectivity index (χ3v) is 9.33. The van der Waals surface area contributed by atoms with Crippen LogP contribution < -0.4 is 10.2 Å². The minimum absolute atomic E-state index is 0.0233. The topological polar surface area (TPSA) is 169 Å². The van der Waals surface area contributed by atoms with Crippen LogP contribution in [0.15, 0.2) is 85.1 Å². The third kappa shape index (κ3) is 6.19. The van der Waals surface area contributed by atoms with E-state index < -0.39 is 22.3 Å². The van der Waals surface area contributed by atoms with E-state index in [2.05, 4.69) is 10.3 Å². The van der Waals surface area contributed by atoms with Gasteiger partial charge in [-0.3, -0.25) is 24.5 Å². The van der Waals surface area contributed by atoms with E-state index in [1.54, 1.807) is 48.2 Å². The zero-order valence-electron chi connectivity index (χ0n) is 26.5. The van der Waals surface area contributed by atoms with Gasteiger partial charge in [0.05, 0.1) is 36.2 Å². The second-order valence-electron chi connectivity index (χ2n) is 12.4. The van der Waals surface area contributed by atoms with Gasteiger partial charge in [0.15, 0.2) is 5.60 Å². The Morgan fingerprint density at radius 3 is 2.77 bits per heavy atom. The molecule has 4 N–H and O–H groups in total. The van der Waals surface area contributed by atoms with Gasteiger partial charge in [0, 0.05) is 59.4 Å². The summed E-state index contributed by atoms with van der Waals surface area (Å²) < 4.78 is 0. The summed E-state index contributed by atoms with van der Waals surface area (Å²) in [5, 5.41) is 37.1. The average Bonchev–Trinajstić information content (AvgIpc) is 3.78. The maximum absolute atomic E-state index is 14.0. The lowest BCUT2D eigenvalue weighted by Gasteiger charge is -2.28. The first-order valence-corrected chi connectivity index (χ1v) is 15.9. The fraction of sp³-hybridized carbons (Fsp3) is 0.306. The monoisotopic (exact) mass is 651 g/mol. The predicted molar refractivity (Wildman–Crippen MR) is 180 cm³/mol. The molecule has 48 heavy (non-hydrogen) atoms. The SMILES string of the molecule is C[C@@H](/C=C/CC(=O)N1CCC[C@H]1CO)[C@]1(O)C(=O)N(Cc2cccc(NC(=O)Cc3c[nH]c4ccccc34)c2)c2ccc([N+](=O)[O-])cc21. The van der Waals surface area contributed by atoms with Crippen LogP contribution >= 0.6 is 0 Å². The molecule has 0 aliphatic carbocycles. The van der Waals surface area contributed by atoms with Crippen LogP contribution in [0.4, 0.5) is 17.1 Å². The quantitative estimate of drug-likeness (QED) is 0.105. The number of H-pyrrole nitrogens is 1. The second-order valence-corrected chi connectivity index (χ2v) is 12.4. The molecule has 3 amide bonds. The lowest BCUT2D eigenvalue weighted by molar-refractivity contribution is -0.385. The molecule has 12 nitrogen and oxygen atoms in total. The Hall–Kier alpha value is -5.33. The molecule has 0 bridgehead atoms. The van der Waals surface area contributed by atoms with Gasteiger partial charge in [-0.25, -0.2) is 0 Å². The Morgan fingerprint density at radius 2 is 1.98 bits per heavy atom. The van der Waals surface area contributed by atoms with Crippen molar-refractivity contribution in [1.29, 1.82) is 0 Å². The summed E-state index contributed by atoms with van der Waals surface area (Å²) >= 11 is 0. The summed E-state index contributed by atoms with van der Waals surface area (Å²) in [6.45, 7) is 2.12. The summed E-state index contributed by atoms with van der Waals surface area (Å²) in [5.41, 5.74) is 1.05. The fourth-order valence-electron chi connectivity index (χ4n) is 6.78. The largest absolute Gasteiger partial charge is 0.394 e. The zero-order chi connectivity index (χ0) is 34.0. The molecule has 12 heteroatoms. The van der Waals surface area contributed by atoms with E-state index in [-0.39, 0.29) is 55.1 Å². The highest BCUT2D eigenvalue weighted by atomic mass is 16.6. The van der Waals surface area contributed by atoms with E-state index in [0.717, 1.165) is 29.3 Å². The molecular formula is C36H37N5O7. The Balaban J connectivity index is 1.20. The first-order chi connectivity index (χ1) is 23.1. The molecule has 3 heterocycles. The lowest BCUT2D eigenvalue weighted by atomic mass is 9.82. The van der Waals surface area contributed by atoms with Crippen molar-refractivity contribution in [3.05, 3.63) is 112 Å². The fourth-order valence-corrected chi connectivity index (χ4v) is 6.78. The Labute approximate surface area is 276 Å². The van der Waals surface area contributed by atoms with Gasteiger partial charge >= 0.3 is 0 Å². The number of amides is 3. The van der Waals surface area contributed by atoms with Gasteiger partial charge in [-0.05, 0) is 48.2 Å². The number of fused-ring (bicyclic) bond motifs is 2. The van der Waals surface area contributed by atoms with Crippen molar-refractivity contribution in [1.82, 2.24) is 9.88 Å². The van der Waals surface area contributed by atoms with Crippen molar-refractivity contribution in [3.63, 3.8) is 0 Å².